The number of benzene rings is 1. The first kappa shape index (κ1) is 20.3. The molecule has 0 aliphatic rings. The Labute approximate surface area is 178 Å². The van der Waals surface area contributed by atoms with Crippen LogP contribution in [0.3, 0.4) is 0 Å². The van der Waals surface area contributed by atoms with E-state index in [0.29, 0.717) is 23.5 Å². The second-order valence-corrected chi connectivity index (χ2v) is 7.31. The number of H-pyrrole nitrogens is 1. The van der Waals surface area contributed by atoms with Gasteiger partial charge in [0.1, 0.15) is 11.6 Å². The Hall–Kier alpha value is -3.94. The number of nitrogens with one attached hydrogen (secondary N) is 2. The number of nitrogens with zero attached hydrogens (tertiary/aromatic N) is 4. The van der Waals surface area contributed by atoms with Gasteiger partial charge in [-0.3, -0.25) is 4.99 Å². The van der Waals surface area contributed by atoms with Crippen molar-refractivity contribution in [1.29, 1.82) is 0 Å². The number of aryl methyl sites for hydroxylation is 1. The first-order valence-corrected chi connectivity index (χ1v) is 9.84. The van der Waals surface area contributed by atoms with Crippen LogP contribution in [0.1, 0.15) is 23.7 Å². The first-order chi connectivity index (χ1) is 15.0. The van der Waals surface area contributed by atoms with Gasteiger partial charge in [0, 0.05) is 47.0 Å². The number of phenols is 1. The minimum Gasteiger partial charge on any atom is -0.508 e. The van der Waals surface area contributed by atoms with Crippen LogP contribution in [0, 0.1) is 6.92 Å². The number of aromatic hydroxyl groups is 1. The molecule has 4 rings (SSSR count). The zero-order valence-electron chi connectivity index (χ0n) is 17.4. The Morgan fingerprint density at radius 1 is 1.39 bits per heavy atom. The van der Waals surface area contributed by atoms with E-state index in [4.69, 9.17) is 0 Å². The molecule has 0 fully saturated rings. The molecule has 158 valence electrons. The molecule has 7 nitrogen and oxygen atoms in total. The van der Waals surface area contributed by atoms with E-state index in [0.717, 1.165) is 34.3 Å². The molecule has 0 saturated heterocycles. The molecule has 4 aromatic rings. The largest absolute Gasteiger partial charge is 0.508 e. The van der Waals surface area contributed by atoms with Gasteiger partial charge in [-0.25, -0.2) is 9.37 Å². The van der Waals surface area contributed by atoms with Gasteiger partial charge in [0.25, 0.3) is 0 Å². The van der Waals surface area contributed by atoms with E-state index in [-0.39, 0.29) is 11.6 Å². The fourth-order valence-corrected chi connectivity index (χ4v) is 3.53. The number of phenolic OH excluding ortho intramolecular Hbond substituents is 1. The predicted octanol–water partition coefficient (Wildman–Crippen LogP) is 4.79. The maximum atomic E-state index is 13.6. The van der Waals surface area contributed by atoms with Crippen LogP contribution in [0.15, 0.2) is 59.8 Å². The summed E-state index contributed by atoms with van der Waals surface area (Å²) in [5.74, 6) is 0.620. The first-order valence-electron chi connectivity index (χ1n) is 9.84. The average Bonchev–Trinajstić information content (AvgIpc) is 3.31. The van der Waals surface area contributed by atoms with Crippen molar-refractivity contribution in [2.24, 2.45) is 4.99 Å². The van der Waals surface area contributed by atoms with Crippen LogP contribution in [0.5, 0.6) is 5.75 Å². The Morgan fingerprint density at radius 2 is 2.23 bits per heavy atom. The lowest BCUT2D eigenvalue weighted by molar-refractivity contribution is 0.476. The smallest absolute Gasteiger partial charge is 0.160 e. The lowest BCUT2D eigenvalue weighted by Crippen LogP contribution is -2.10. The minimum absolute atomic E-state index is 0.236. The lowest BCUT2D eigenvalue weighted by Gasteiger charge is -2.11. The third-order valence-electron chi connectivity index (χ3n) is 4.98. The zero-order chi connectivity index (χ0) is 22.0. The molecule has 0 aliphatic heterocycles. The molecule has 0 saturated carbocycles. The van der Waals surface area contributed by atoms with Crippen LogP contribution in [-0.4, -0.2) is 38.0 Å². The second-order valence-electron chi connectivity index (χ2n) is 7.31. The van der Waals surface area contributed by atoms with Crippen LogP contribution >= 0.6 is 0 Å². The highest BCUT2D eigenvalue weighted by Crippen LogP contribution is 2.25. The quantitative estimate of drug-likeness (QED) is 0.297. The molecule has 0 radical (unpaired) electrons. The summed E-state index contributed by atoms with van der Waals surface area (Å²) in [6.45, 7) is 7.39. The Morgan fingerprint density at radius 3 is 3.00 bits per heavy atom. The number of hydrogen-bond acceptors (Lipinski definition) is 5. The molecule has 8 heteroatoms. The summed E-state index contributed by atoms with van der Waals surface area (Å²) in [6, 6.07) is 7.09. The van der Waals surface area contributed by atoms with Crippen molar-refractivity contribution < 1.29 is 9.50 Å². The highest BCUT2D eigenvalue weighted by Gasteiger charge is 2.12. The van der Waals surface area contributed by atoms with Crippen LogP contribution in [0.25, 0.3) is 22.1 Å². The molecule has 3 N–H and O–H groups in total. The Balaban J connectivity index is 1.65. The fourth-order valence-electron chi connectivity index (χ4n) is 3.53. The van der Waals surface area contributed by atoms with Gasteiger partial charge in [-0.05, 0) is 56.8 Å². The Bertz CT molecular complexity index is 1330. The van der Waals surface area contributed by atoms with Gasteiger partial charge < -0.3 is 15.4 Å². The summed E-state index contributed by atoms with van der Waals surface area (Å²) in [5, 5.41) is 18.6. The molecule has 0 amide bonds. The SMILES string of the molecule is C=N/C=C(\C=C(/C)F)c1cc(NCCc2c[nH]c3ccc(O)cc23)n2ncc(C)c2n1. The lowest BCUT2D eigenvalue weighted by atomic mass is 10.1. The van der Waals surface area contributed by atoms with Crippen molar-refractivity contribution in [3.63, 3.8) is 0 Å². The van der Waals surface area contributed by atoms with Gasteiger partial charge in [-0.15, -0.1) is 0 Å². The molecule has 0 unspecified atom stereocenters. The maximum Gasteiger partial charge on any atom is 0.160 e. The number of fused-ring (bicyclic) bond motifs is 2. The number of hydrogen-bond donors (Lipinski definition) is 3. The number of aromatic nitrogens is 4. The van der Waals surface area contributed by atoms with Crippen LogP contribution in [-0.2, 0) is 6.42 Å². The summed E-state index contributed by atoms with van der Waals surface area (Å²) < 4.78 is 15.3. The van der Waals surface area contributed by atoms with Crippen molar-refractivity contribution >= 4 is 34.7 Å². The third kappa shape index (κ3) is 4.18. The summed E-state index contributed by atoms with van der Waals surface area (Å²) >= 11 is 0. The monoisotopic (exact) mass is 418 g/mol. The topological polar surface area (TPSA) is 90.6 Å². The second kappa shape index (κ2) is 8.43. The molecule has 3 aromatic heterocycles. The van der Waals surface area contributed by atoms with Gasteiger partial charge in [-0.1, -0.05) is 0 Å². The summed E-state index contributed by atoms with van der Waals surface area (Å²) in [5.41, 5.74) is 4.74. The van der Waals surface area contributed by atoms with Crippen LogP contribution < -0.4 is 5.32 Å². The predicted molar refractivity (Wildman–Crippen MR) is 122 cm³/mol. The summed E-state index contributed by atoms with van der Waals surface area (Å²) in [4.78, 5) is 11.6. The molecule has 0 atom stereocenters. The van der Waals surface area contributed by atoms with Gasteiger partial charge in [-0.2, -0.15) is 9.61 Å². The van der Waals surface area contributed by atoms with E-state index in [2.05, 4.69) is 32.1 Å². The summed E-state index contributed by atoms with van der Waals surface area (Å²) in [6.07, 6.45) is 7.27. The van der Waals surface area contributed by atoms with Crippen molar-refractivity contribution in [2.75, 3.05) is 11.9 Å². The van der Waals surface area contributed by atoms with Gasteiger partial charge in [0.05, 0.1) is 17.7 Å². The highest BCUT2D eigenvalue weighted by molar-refractivity contribution is 5.84. The van der Waals surface area contributed by atoms with Crippen molar-refractivity contribution in [3.05, 3.63) is 71.6 Å². The molecule has 31 heavy (non-hydrogen) atoms. The van der Waals surface area contributed by atoms with Gasteiger partial charge >= 0.3 is 0 Å². The van der Waals surface area contributed by atoms with E-state index < -0.39 is 0 Å². The highest BCUT2D eigenvalue weighted by atomic mass is 19.1. The van der Waals surface area contributed by atoms with Gasteiger partial charge in [0.15, 0.2) is 5.65 Å². The van der Waals surface area contributed by atoms with Crippen LogP contribution in [0.4, 0.5) is 10.2 Å². The van der Waals surface area contributed by atoms with E-state index in [9.17, 15) is 9.50 Å². The van der Waals surface area contributed by atoms with E-state index in [1.54, 1.807) is 22.8 Å². The van der Waals surface area contributed by atoms with E-state index in [1.165, 1.54) is 19.2 Å². The average molecular weight is 418 g/mol. The summed E-state index contributed by atoms with van der Waals surface area (Å²) in [7, 11) is 0. The van der Waals surface area contributed by atoms with Gasteiger partial charge in [0.2, 0.25) is 0 Å². The number of aliphatic imine (C=N–C) groups is 1. The number of aromatic amines is 1. The fraction of sp³-hybridized carbons (Fsp3) is 0.174. The van der Waals surface area contributed by atoms with E-state index in [1.807, 2.05) is 25.3 Å². The molecule has 0 aliphatic carbocycles. The number of rotatable bonds is 7. The van der Waals surface area contributed by atoms with Crippen molar-refractivity contribution in [2.45, 2.75) is 20.3 Å². The molecular formula is C23H23FN6O. The third-order valence-corrected chi connectivity index (χ3v) is 4.98. The van der Waals surface area contributed by atoms with Crippen molar-refractivity contribution in [3.8, 4) is 5.75 Å². The molecule has 0 spiro atoms. The standard InChI is InChI=1S/C23H23FN6O/c1-14-11-28-30-22(10-21(29-23(14)30)17(12-25-3)8-15(2)24)26-7-6-16-13-27-20-5-4-18(31)9-19(16)20/h4-5,8-13,26-27,31H,3,6-7H2,1-2H3/b15-8+,17-12+. The van der Waals surface area contributed by atoms with Crippen LogP contribution in [0.2, 0.25) is 0 Å². The molecular weight excluding hydrogens is 395 g/mol. The zero-order valence-corrected chi connectivity index (χ0v) is 17.4. The molecule has 1 aromatic carbocycles. The molecule has 3 heterocycles. The van der Waals surface area contributed by atoms with E-state index >= 15 is 0 Å². The number of halogens is 1. The maximum absolute atomic E-state index is 13.6. The molecule has 0 bridgehead atoms. The van der Waals surface area contributed by atoms with Crippen molar-refractivity contribution in [1.82, 2.24) is 19.6 Å². The number of allylic oxidation sites excluding steroid dienone is 3. The minimum atomic E-state index is -0.348. The Kier molecular flexibility index (Phi) is 5.53. The number of anilines is 1. The normalized spacial score (nSPS) is 12.6.